The first-order valence-corrected chi connectivity index (χ1v) is 6.78. The summed E-state index contributed by atoms with van der Waals surface area (Å²) in [5.74, 6) is 0.763. The summed E-state index contributed by atoms with van der Waals surface area (Å²) in [6.45, 7) is 0.744. The molecule has 0 saturated heterocycles. The quantitative estimate of drug-likeness (QED) is 0.748. The van der Waals surface area contributed by atoms with E-state index in [-0.39, 0.29) is 0 Å². The molecule has 4 heteroatoms. The Morgan fingerprint density at radius 2 is 1.75 bits per heavy atom. The first kappa shape index (κ1) is 12.8. The van der Waals surface area contributed by atoms with Crippen LogP contribution in [0.25, 0.3) is 11.3 Å². The lowest BCUT2D eigenvalue weighted by Gasteiger charge is -2.02. The van der Waals surface area contributed by atoms with Gasteiger partial charge in [-0.3, -0.25) is 0 Å². The molecule has 1 heterocycles. The number of H-pyrrole nitrogens is 1. The Morgan fingerprint density at radius 1 is 1.00 bits per heavy atom. The number of hydrogen-bond donors (Lipinski definition) is 2. The molecule has 0 atom stereocenters. The van der Waals surface area contributed by atoms with Crippen LogP contribution in [0.15, 0.2) is 60.8 Å². The van der Waals surface area contributed by atoms with E-state index in [1.54, 1.807) is 0 Å². The number of anilines is 1. The number of halogens is 1. The van der Waals surface area contributed by atoms with Gasteiger partial charge in [-0.2, -0.15) is 0 Å². The predicted molar refractivity (Wildman–Crippen MR) is 82.8 cm³/mol. The molecule has 0 spiro atoms. The summed E-state index contributed by atoms with van der Waals surface area (Å²) in [7, 11) is 0. The van der Waals surface area contributed by atoms with E-state index in [1.807, 2.05) is 48.7 Å². The average Bonchev–Trinajstić information content (AvgIpc) is 2.96. The fourth-order valence-corrected chi connectivity index (χ4v) is 2.09. The van der Waals surface area contributed by atoms with Crippen LogP contribution in [-0.2, 0) is 6.54 Å². The second-order valence-electron chi connectivity index (χ2n) is 4.49. The van der Waals surface area contributed by atoms with Crippen molar-refractivity contribution in [3.63, 3.8) is 0 Å². The number of benzene rings is 2. The molecule has 1 aromatic heterocycles. The number of rotatable bonds is 4. The van der Waals surface area contributed by atoms with Crippen molar-refractivity contribution in [3.8, 4) is 11.3 Å². The minimum absolute atomic E-state index is 0.732. The third kappa shape index (κ3) is 3.00. The molecule has 3 rings (SSSR count). The Labute approximate surface area is 122 Å². The van der Waals surface area contributed by atoms with Crippen molar-refractivity contribution >= 4 is 17.5 Å². The standard InChI is InChI=1S/C16H14ClN3/c17-14-8-6-13(7-9-14)15-11-19-16(20-15)18-10-12-4-2-1-3-5-12/h1-9,11H,10H2,(H2,18,19,20). The Bertz CT molecular complexity index is 674. The van der Waals surface area contributed by atoms with Crippen LogP contribution in [0.5, 0.6) is 0 Å². The molecule has 3 aromatic rings. The van der Waals surface area contributed by atoms with Crippen LogP contribution in [0.1, 0.15) is 5.56 Å². The van der Waals surface area contributed by atoms with E-state index < -0.39 is 0 Å². The van der Waals surface area contributed by atoms with E-state index in [2.05, 4.69) is 27.4 Å². The molecule has 0 bridgehead atoms. The van der Waals surface area contributed by atoms with Crippen molar-refractivity contribution in [1.29, 1.82) is 0 Å². The van der Waals surface area contributed by atoms with Gasteiger partial charge in [0.25, 0.3) is 0 Å². The lowest BCUT2D eigenvalue weighted by Crippen LogP contribution is -2.00. The van der Waals surface area contributed by atoms with Crippen molar-refractivity contribution in [1.82, 2.24) is 9.97 Å². The molecular weight excluding hydrogens is 270 g/mol. The van der Waals surface area contributed by atoms with Gasteiger partial charge in [-0.15, -0.1) is 0 Å². The maximum atomic E-state index is 5.88. The number of imidazole rings is 1. The largest absolute Gasteiger partial charge is 0.352 e. The molecule has 0 aliphatic heterocycles. The highest BCUT2D eigenvalue weighted by atomic mass is 35.5. The van der Waals surface area contributed by atoms with E-state index in [0.717, 1.165) is 28.8 Å². The van der Waals surface area contributed by atoms with Crippen molar-refractivity contribution < 1.29 is 0 Å². The Morgan fingerprint density at radius 3 is 2.50 bits per heavy atom. The van der Waals surface area contributed by atoms with Crippen LogP contribution < -0.4 is 5.32 Å². The fourth-order valence-electron chi connectivity index (χ4n) is 1.97. The van der Waals surface area contributed by atoms with Gasteiger partial charge in [0.15, 0.2) is 0 Å². The lowest BCUT2D eigenvalue weighted by atomic mass is 10.2. The molecule has 2 aromatic carbocycles. The summed E-state index contributed by atoms with van der Waals surface area (Å²) in [5.41, 5.74) is 3.25. The maximum absolute atomic E-state index is 5.88. The molecule has 0 radical (unpaired) electrons. The molecule has 20 heavy (non-hydrogen) atoms. The minimum atomic E-state index is 0.732. The summed E-state index contributed by atoms with van der Waals surface area (Å²) in [5, 5.41) is 4.00. The van der Waals surface area contributed by atoms with Gasteiger partial charge in [-0.05, 0) is 23.3 Å². The van der Waals surface area contributed by atoms with Crippen LogP contribution in [0.3, 0.4) is 0 Å². The Hall–Kier alpha value is -2.26. The highest BCUT2D eigenvalue weighted by Crippen LogP contribution is 2.20. The molecule has 0 fully saturated rings. The van der Waals surface area contributed by atoms with Crippen LogP contribution in [-0.4, -0.2) is 9.97 Å². The van der Waals surface area contributed by atoms with Crippen molar-refractivity contribution in [2.45, 2.75) is 6.54 Å². The van der Waals surface area contributed by atoms with E-state index in [0.29, 0.717) is 0 Å². The summed E-state index contributed by atoms with van der Waals surface area (Å²) < 4.78 is 0. The SMILES string of the molecule is Clc1ccc(-c2cnc(NCc3ccccc3)[nH]2)cc1. The lowest BCUT2D eigenvalue weighted by molar-refractivity contribution is 1.09. The fraction of sp³-hybridized carbons (Fsp3) is 0.0625. The molecular formula is C16H14ClN3. The molecule has 100 valence electrons. The zero-order chi connectivity index (χ0) is 13.8. The Kier molecular flexibility index (Phi) is 3.70. The zero-order valence-electron chi connectivity index (χ0n) is 10.8. The monoisotopic (exact) mass is 283 g/mol. The zero-order valence-corrected chi connectivity index (χ0v) is 11.6. The number of aromatic amines is 1. The first-order chi connectivity index (χ1) is 9.81. The summed E-state index contributed by atoms with van der Waals surface area (Å²) in [6.07, 6.45) is 1.82. The molecule has 0 unspecified atom stereocenters. The first-order valence-electron chi connectivity index (χ1n) is 6.40. The van der Waals surface area contributed by atoms with Gasteiger partial charge in [0.1, 0.15) is 0 Å². The topological polar surface area (TPSA) is 40.7 Å². The third-order valence-electron chi connectivity index (χ3n) is 3.03. The smallest absolute Gasteiger partial charge is 0.200 e. The summed E-state index contributed by atoms with van der Waals surface area (Å²) in [4.78, 5) is 7.58. The van der Waals surface area contributed by atoms with Crippen molar-refractivity contribution in [2.75, 3.05) is 5.32 Å². The normalized spacial score (nSPS) is 10.4. The van der Waals surface area contributed by atoms with Crippen molar-refractivity contribution in [2.24, 2.45) is 0 Å². The van der Waals surface area contributed by atoms with Crippen LogP contribution in [0.2, 0.25) is 5.02 Å². The van der Waals surface area contributed by atoms with Crippen LogP contribution in [0, 0.1) is 0 Å². The van der Waals surface area contributed by atoms with Gasteiger partial charge in [0, 0.05) is 11.6 Å². The van der Waals surface area contributed by atoms with Gasteiger partial charge in [-0.1, -0.05) is 54.1 Å². The summed E-state index contributed by atoms with van der Waals surface area (Å²) >= 11 is 5.88. The van der Waals surface area contributed by atoms with Crippen molar-refractivity contribution in [3.05, 3.63) is 71.4 Å². The van der Waals surface area contributed by atoms with E-state index in [9.17, 15) is 0 Å². The number of nitrogens with one attached hydrogen (secondary N) is 2. The van der Waals surface area contributed by atoms with E-state index in [4.69, 9.17) is 11.6 Å². The number of nitrogens with zero attached hydrogens (tertiary/aromatic N) is 1. The highest BCUT2D eigenvalue weighted by Gasteiger charge is 2.03. The number of hydrogen-bond acceptors (Lipinski definition) is 2. The maximum Gasteiger partial charge on any atom is 0.200 e. The van der Waals surface area contributed by atoms with Gasteiger partial charge in [0.05, 0.1) is 11.9 Å². The van der Waals surface area contributed by atoms with Gasteiger partial charge in [-0.25, -0.2) is 4.98 Å². The molecule has 0 aliphatic rings. The molecule has 0 amide bonds. The van der Waals surface area contributed by atoms with Gasteiger partial charge >= 0.3 is 0 Å². The molecule has 0 saturated carbocycles. The third-order valence-corrected chi connectivity index (χ3v) is 3.29. The molecule has 2 N–H and O–H groups in total. The van der Waals surface area contributed by atoms with Crippen LogP contribution in [0.4, 0.5) is 5.95 Å². The van der Waals surface area contributed by atoms with E-state index in [1.165, 1.54) is 5.56 Å². The average molecular weight is 284 g/mol. The minimum Gasteiger partial charge on any atom is -0.352 e. The van der Waals surface area contributed by atoms with E-state index >= 15 is 0 Å². The Balaban J connectivity index is 1.69. The van der Waals surface area contributed by atoms with Gasteiger partial charge in [0.2, 0.25) is 5.95 Å². The molecule has 0 aliphatic carbocycles. The van der Waals surface area contributed by atoms with Gasteiger partial charge < -0.3 is 10.3 Å². The second kappa shape index (κ2) is 5.80. The number of aromatic nitrogens is 2. The second-order valence-corrected chi connectivity index (χ2v) is 4.93. The summed E-state index contributed by atoms with van der Waals surface area (Å²) in [6, 6.07) is 17.9. The predicted octanol–water partition coefficient (Wildman–Crippen LogP) is 4.34. The molecule has 3 nitrogen and oxygen atoms in total. The highest BCUT2D eigenvalue weighted by molar-refractivity contribution is 6.30. The van der Waals surface area contributed by atoms with Crippen LogP contribution >= 0.6 is 11.6 Å².